The number of hydrogen-bond acceptors (Lipinski definition) is 6. The summed E-state index contributed by atoms with van der Waals surface area (Å²) in [4.78, 5) is 11.7. The molecule has 0 N–H and O–H groups in total. The quantitative estimate of drug-likeness (QED) is 0.743. The summed E-state index contributed by atoms with van der Waals surface area (Å²) in [5.74, 6) is -0.147. The molecular weight excluding hydrogens is 320 g/mol. The van der Waals surface area contributed by atoms with Crippen molar-refractivity contribution in [2.45, 2.75) is 38.2 Å². The van der Waals surface area contributed by atoms with E-state index in [0.29, 0.717) is 11.3 Å². The molecular formula is C13H17ClO6S. The molecule has 1 aromatic carbocycles. The first-order chi connectivity index (χ1) is 9.64. The van der Waals surface area contributed by atoms with Crippen LogP contribution in [0.25, 0.3) is 0 Å². The molecule has 21 heavy (non-hydrogen) atoms. The third kappa shape index (κ3) is 4.33. The zero-order valence-corrected chi connectivity index (χ0v) is 13.7. The molecule has 0 radical (unpaired) electrons. The van der Waals surface area contributed by atoms with Crippen LogP contribution in [0, 0.1) is 6.92 Å². The van der Waals surface area contributed by atoms with Crippen LogP contribution in [0.3, 0.4) is 0 Å². The second-order valence-electron chi connectivity index (χ2n) is 4.78. The fraction of sp³-hybridized carbons (Fsp3) is 0.462. The van der Waals surface area contributed by atoms with E-state index in [1.54, 1.807) is 27.7 Å². The Morgan fingerprint density at radius 3 is 2.43 bits per heavy atom. The summed E-state index contributed by atoms with van der Waals surface area (Å²) < 4.78 is 37.4. The summed E-state index contributed by atoms with van der Waals surface area (Å²) in [5.41, 5.74) is -0.674. The number of hydrogen-bond donors (Lipinski definition) is 0. The first kappa shape index (κ1) is 17.7. The largest absolute Gasteiger partial charge is 0.476 e. The normalized spacial score (nSPS) is 12.0. The highest BCUT2D eigenvalue weighted by Crippen LogP contribution is 2.27. The van der Waals surface area contributed by atoms with Crippen molar-refractivity contribution < 1.29 is 26.4 Å². The highest BCUT2D eigenvalue weighted by molar-refractivity contribution is 7.87. The average molecular weight is 337 g/mol. The summed E-state index contributed by atoms with van der Waals surface area (Å²) in [6, 6.07) is 4.05. The molecule has 0 fully saturated rings. The van der Waals surface area contributed by atoms with Gasteiger partial charge in [0.15, 0.2) is 5.60 Å². The van der Waals surface area contributed by atoms with Crippen molar-refractivity contribution >= 4 is 28.0 Å². The summed E-state index contributed by atoms with van der Waals surface area (Å²) in [6.07, 6.45) is 0. The van der Waals surface area contributed by atoms with E-state index in [0.717, 1.165) is 0 Å². The zero-order chi connectivity index (χ0) is 16.3. The van der Waals surface area contributed by atoms with Gasteiger partial charge < -0.3 is 9.47 Å². The second kappa shape index (κ2) is 6.64. The molecule has 0 aliphatic carbocycles. The minimum absolute atomic E-state index is 0.101. The minimum Gasteiger partial charge on any atom is -0.476 e. The van der Waals surface area contributed by atoms with Gasteiger partial charge in [-0.25, -0.2) is 4.79 Å². The first-order valence-corrected chi connectivity index (χ1v) is 7.88. The monoisotopic (exact) mass is 336 g/mol. The lowest BCUT2D eigenvalue weighted by atomic mass is 10.1. The molecule has 0 atom stereocenters. The molecule has 1 aromatic rings. The Hall–Kier alpha value is -1.31. The maximum absolute atomic E-state index is 11.8. The summed E-state index contributed by atoms with van der Waals surface area (Å²) in [7, 11) is -3.99. The number of aryl methyl sites for hydroxylation is 1. The van der Waals surface area contributed by atoms with Crippen molar-refractivity contribution in [1.82, 2.24) is 0 Å². The molecule has 0 bridgehead atoms. The van der Waals surface area contributed by atoms with Gasteiger partial charge in [-0.05, 0) is 51.5 Å². The predicted molar refractivity (Wildman–Crippen MR) is 76.6 cm³/mol. The van der Waals surface area contributed by atoms with Crippen molar-refractivity contribution in [1.29, 1.82) is 0 Å². The maximum Gasteiger partial charge on any atom is 0.349 e. The molecule has 0 heterocycles. The Balaban J connectivity index is 3.04. The van der Waals surface area contributed by atoms with Gasteiger partial charge >= 0.3 is 16.1 Å². The van der Waals surface area contributed by atoms with Gasteiger partial charge in [-0.2, -0.15) is 12.2 Å². The van der Waals surface area contributed by atoms with E-state index in [1.165, 1.54) is 18.2 Å². The maximum atomic E-state index is 11.8. The first-order valence-electron chi connectivity index (χ1n) is 6.16. The number of ether oxygens (including phenoxy) is 2. The van der Waals surface area contributed by atoms with Crippen molar-refractivity contribution in [2.24, 2.45) is 0 Å². The molecule has 8 heteroatoms. The molecule has 1 rings (SSSR count). The molecule has 0 spiro atoms. The number of halogens is 1. The van der Waals surface area contributed by atoms with E-state index in [9.17, 15) is 13.2 Å². The lowest BCUT2D eigenvalue weighted by Crippen LogP contribution is -2.39. The number of rotatable bonds is 6. The minimum atomic E-state index is -3.99. The Morgan fingerprint density at radius 2 is 1.95 bits per heavy atom. The molecule has 0 amide bonds. The van der Waals surface area contributed by atoms with E-state index in [2.05, 4.69) is 3.74 Å². The van der Waals surface area contributed by atoms with Crippen LogP contribution in [0.2, 0.25) is 0 Å². The van der Waals surface area contributed by atoms with Crippen LogP contribution >= 0.6 is 11.9 Å². The molecule has 0 saturated carbocycles. The van der Waals surface area contributed by atoms with E-state index in [4.69, 9.17) is 21.3 Å². The standard InChI is InChI=1S/C13H17ClO6S/c1-5-18-12(15)13(3,4)19-11-7-6-10(8-9(11)2)21(16,17)20-14/h6-8H,5H2,1-4H3. The van der Waals surface area contributed by atoms with Crippen LogP contribution in [-0.4, -0.2) is 26.6 Å². The van der Waals surface area contributed by atoms with Crippen molar-refractivity contribution in [2.75, 3.05) is 6.61 Å². The number of esters is 1. The summed E-state index contributed by atoms with van der Waals surface area (Å²) >= 11 is 4.92. The van der Waals surface area contributed by atoms with Gasteiger partial charge in [0.25, 0.3) is 0 Å². The van der Waals surface area contributed by atoms with E-state index in [1.807, 2.05) is 0 Å². The average Bonchev–Trinajstić information content (AvgIpc) is 2.41. The Labute approximate surface area is 129 Å². The van der Waals surface area contributed by atoms with Gasteiger partial charge in [0.1, 0.15) is 5.75 Å². The summed E-state index contributed by atoms with van der Waals surface area (Å²) in [6.45, 7) is 6.72. The van der Waals surface area contributed by atoms with E-state index >= 15 is 0 Å². The van der Waals surface area contributed by atoms with Gasteiger partial charge in [-0.3, -0.25) is 0 Å². The third-order valence-corrected chi connectivity index (χ3v) is 4.14. The summed E-state index contributed by atoms with van der Waals surface area (Å²) in [5, 5.41) is 0. The number of benzene rings is 1. The van der Waals surface area contributed by atoms with Gasteiger partial charge in [-0.1, -0.05) is 0 Å². The highest BCUT2D eigenvalue weighted by Gasteiger charge is 2.32. The fourth-order valence-electron chi connectivity index (χ4n) is 1.55. The Morgan fingerprint density at radius 1 is 1.33 bits per heavy atom. The lowest BCUT2D eigenvalue weighted by Gasteiger charge is -2.25. The second-order valence-corrected chi connectivity index (χ2v) is 6.66. The van der Waals surface area contributed by atoms with Gasteiger partial charge in [-0.15, -0.1) is 0 Å². The van der Waals surface area contributed by atoms with Crippen LogP contribution in [-0.2, 0) is 23.4 Å². The van der Waals surface area contributed by atoms with Crippen LogP contribution in [0.1, 0.15) is 26.3 Å². The van der Waals surface area contributed by atoms with Gasteiger partial charge in [0.05, 0.1) is 23.4 Å². The molecule has 0 aromatic heterocycles. The van der Waals surface area contributed by atoms with Crippen LogP contribution in [0.5, 0.6) is 5.75 Å². The predicted octanol–water partition coefficient (Wildman–Crippen LogP) is 2.57. The van der Waals surface area contributed by atoms with E-state index < -0.39 is 21.7 Å². The molecule has 0 saturated heterocycles. The molecule has 6 nitrogen and oxygen atoms in total. The topological polar surface area (TPSA) is 78.9 Å². The molecule has 0 aliphatic rings. The molecule has 118 valence electrons. The van der Waals surface area contributed by atoms with Gasteiger partial charge in [0, 0.05) is 0 Å². The van der Waals surface area contributed by atoms with Crippen molar-refractivity contribution in [3.8, 4) is 5.75 Å². The zero-order valence-electron chi connectivity index (χ0n) is 12.2. The molecule has 0 unspecified atom stereocenters. The van der Waals surface area contributed by atoms with Crippen LogP contribution < -0.4 is 4.74 Å². The van der Waals surface area contributed by atoms with Crippen LogP contribution in [0.4, 0.5) is 0 Å². The number of carbonyl (C=O) groups excluding carboxylic acids is 1. The van der Waals surface area contributed by atoms with Gasteiger partial charge in [0.2, 0.25) is 0 Å². The fourth-order valence-corrected chi connectivity index (χ4v) is 2.40. The van der Waals surface area contributed by atoms with Crippen LogP contribution in [0.15, 0.2) is 23.1 Å². The Kier molecular flexibility index (Phi) is 5.61. The highest BCUT2D eigenvalue weighted by atomic mass is 35.5. The third-order valence-electron chi connectivity index (χ3n) is 2.65. The lowest BCUT2D eigenvalue weighted by molar-refractivity contribution is -0.158. The SMILES string of the molecule is CCOC(=O)C(C)(C)Oc1ccc(S(=O)(=O)OCl)cc1C. The smallest absolute Gasteiger partial charge is 0.349 e. The Bertz CT molecular complexity index is 624. The molecule has 0 aliphatic heterocycles. The van der Waals surface area contributed by atoms with Crippen molar-refractivity contribution in [3.05, 3.63) is 23.8 Å². The van der Waals surface area contributed by atoms with Crippen molar-refractivity contribution in [3.63, 3.8) is 0 Å². The number of carbonyl (C=O) groups is 1. The van der Waals surface area contributed by atoms with E-state index in [-0.39, 0.29) is 11.5 Å².